The van der Waals surface area contributed by atoms with Crippen LogP contribution in [0.1, 0.15) is 149 Å². The SMILES string of the molecule is CC/C=C\C/C=C\C/C=C\C/C=C\C/C=C\CCCCCC(=O)O[C@H](COC(=O)CCCC(O)/C=C/C=C/C/C=C/CCCCCCCC)COP(=O)(O)OC[C@@H](O)COP(=O)(O)O. The van der Waals surface area contributed by atoms with Crippen LogP contribution < -0.4 is 0 Å². The van der Waals surface area contributed by atoms with E-state index in [-0.39, 0.29) is 12.8 Å². The predicted octanol–water partition coefficient (Wildman–Crippen LogP) is 11.1. The molecule has 2 unspecified atom stereocenters. The molecule has 4 atom stereocenters. The van der Waals surface area contributed by atoms with Gasteiger partial charge in [-0.2, -0.15) is 0 Å². The van der Waals surface area contributed by atoms with Crippen LogP contribution in [0.3, 0.4) is 0 Å². The van der Waals surface area contributed by atoms with Crippen LogP contribution in [0.4, 0.5) is 0 Å². The van der Waals surface area contributed by atoms with E-state index in [9.17, 15) is 33.8 Å². The molecule has 64 heavy (non-hydrogen) atoms. The topological polar surface area (TPSA) is 216 Å². The number of phosphoric acid groups is 2. The van der Waals surface area contributed by atoms with Gasteiger partial charge < -0.3 is 34.4 Å². The number of rotatable bonds is 42. The minimum absolute atomic E-state index is 0.0419. The van der Waals surface area contributed by atoms with Crippen LogP contribution in [-0.2, 0) is 41.8 Å². The van der Waals surface area contributed by atoms with Gasteiger partial charge >= 0.3 is 27.6 Å². The average molecular weight is 943 g/mol. The van der Waals surface area contributed by atoms with Gasteiger partial charge in [-0.05, 0) is 83.5 Å². The predicted molar refractivity (Wildman–Crippen MR) is 254 cm³/mol. The Morgan fingerprint density at radius 2 is 1.03 bits per heavy atom. The third-order valence-electron chi connectivity index (χ3n) is 9.05. The summed E-state index contributed by atoms with van der Waals surface area (Å²) in [6, 6.07) is 0. The van der Waals surface area contributed by atoms with Crippen LogP contribution in [0, 0.1) is 0 Å². The Morgan fingerprint density at radius 1 is 0.531 bits per heavy atom. The van der Waals surface area contributed by atoms with Crippen LogP contribution in [-0.4, -0.2) is 81.6 Å². The number of phosphoric ester groups is 2. The molecule has 0 bridgehead atoms. The number of hydrogen-bond acceptors (Lipinski definition) is 11. The summed E-state index contributed by atoms with van der Waals surface area (Å²) in [4.78, 5) is 52.8. The van der Waals surface area contributed by atoms with Gasteiger partial charge in [-0.15, -0.1) is 0 Å². The van der Waals surface area contributed by atoms with Crippen LogP contribution >= 0.6 is 15.6 Å². The highest BCUT2D eigenvalue weighted by molar-refractivity contribution is 7.47. The first-order valence-corrected chi connectivity index (χ1v) is 26.1. The highest BCUT2D eigenvalue weighted by Gasteiger charge is 2.28. The summed E-state index contributed by atoms with van der Waals surface area (Å²) in [6.45, 7) is 1.38. The van der Waals surface area contributed by atoms with E-state index in [2.05, 4.69) is 95.8 Å². The number of allylic oxidation sites excluding steroid dienone is 15. The molecule has 366 valence electrons. The van der Waals surface area contributed by atoms with Crippen LogP contribution in [0.15, 0.2) is 97.2 Å². The fourth-order valence-electron chi connectivity index (χ4n) is 5.56. The van der Waals surface area contributed by atoms with Crippen molar-refractivity contribution in [2.75, 3.05) is 26.4 Å². The maximum absolute atomic E-state index is 12.7. The molecule has 5 N–H and O–H groups in total. The first-order chi connectivity index (χ1) is 30.8. The largest absolute Gasteiger partial charge is 0.472 e. The zero-order valence-electron chi connectivity index (χ0n) is 38.5. The van der Waals surface area contributed by atoms with E-state index in [1.165, 1.54) is 38.5 Å². The molecule has 0 fully saturated rings. The smallest absolute Gasteiger partial charge is 0.462 e. The minimum Gasteiger partial charge on any atom is -0.462 e. The van der Waals surface area contributed by atoms with Crippen molar-refractivity contribution in [3.63, 3.8) is 0 Å². The van der Waals surface area contributed by atoms with Crippen LogP contribution in [0.2, 0.25) is 0 Å². The number of aliphatic hydroxyl groups excluding tert-OH is 2. The first-order valence-electron chi connectivity index (χ1n) is 23.0. The first kappa shape index (κ1) is 61.0. The Kier molecular flexibility index (Phi) is 40.6. The van der Waals surface area contributed by atoms with Crippen LogP contribution in [0.25, 0.3) is 0 Å². The number of aliphatic hydroxyl groups is 2. The molecule has 0 saturated heterocycles. The van der Waals surface area contributed by atoms with Crippen molar-refractivity contribution in [3.8, 4) is 0 Å². The summed E-state index contributed by atoms with van der Waals surface area (Å²) in [5, 5.41) is 20.0. The van der Waals surface area contributed by atoms with Gasteiger partial charge in [0, 0.05) is 12.8 Å². The molecule has 0 aliphatic rings. The van der Waals surface area contributed by atoms with Crippen molar-refractivity contribution in [2.45, 2.75) is 167 Å². The monoisotopic (exact) mass is 943 g/mol. The second-order valence-electron chi connectivity index (χ2n) is 15.1. The summed E-state index contributed by atoms with van der Waals surface area (Å²) in [5.74, 6) is -1.28. The molecule has 0 spiro atoms. The maximum atomic E-state index is 12.7. The van der Waals surface area contributed by atoms with E-state index in [1.807, 2.05) is 12.2 Å². The molecule has 14 nitrogen and oxygen atoms in total. The van der Waals surface area contributed by atoms with E-state index >= 15 is 0 Å². The standard InChI is InChI=1S/C48H80O14P2/c1-3-5-7-9-11-13-15-17-18-19-20-21-22-24-26-28-30-32-34-38-48(52)62-46(43-61-64(56,57)60-41-45(50)40-59-63(53,54)55)42-58-47(51)39-35-37-44(49)36-33-31-29-27-25-23-16-14-12-10-8-6-4-2/h5,7,11,13,17-18,20-21,23-26,29,31,33,36,44-46,49-50H,3-4,6,8-10,12,14-16,19,22,27-28,30,32,34-35,37-43H2,1-2H3,(H,56,57)(H2,53,54,55)/b7-5-,13-11-,18-17-,21-20-,25-23+,26-24-,31-29+,36-33+/t44?,45-,46+/m0/s1. The van der Waals surface area contributed by atoms with E-state index in [4.69, 9.17) is 23.8 Å². The van der Waals surface area contributed by atoms with Crippen molar-refractivity contribution in [1.82, 2.24) is 0 Å². The second kappa shape index (κ2) is 42.6. The Bertz CT molecular complexity index is 1510. The van der Waals surface area contributed by atoms with Gasteiger partial charge in [0.1, 0.15) is 12.7 Å². The number of ether oxygens (including phenoxy) is 2. The number of carbonyl (C=O) groups is 2. The van der Waals surface area contributed by atoms with Crippen molar-refractivity contribution in [3.05, 3.63) is 97.2 Å². The van der Waals surface area contributed by atoms with Crippen molar-refractivity contribution in [2.24, 2.45) is 0 Å². The molecule has 0 aromatic heterocycles. The zero-order chi connectivity index (χ0) is 47.4. The quantitative estimate of drug-likeness (QED) is 0.0127. The molecule has 0 aliphatic heterocycles. The lowest BCUT2D eigenvalue weighted by molar-refractivity contribution is -0.161. The Balaban J connectivity index is 4.74. The Morgan fingerprint density at radius 3 is 1.62 bits per heavy atom. The lowest BCUT2D eigenvalue weighted by Gasteiger charge is -2.20. The number of unbranched alkanes of at least 4 members (excludes halogenated alkanes) is 9. The molecule has 0 aromatic rings. The van der Waals surface area contributed by atoms with E-state index in [0.717, 1.165) is 64.2 Å². The Labute approximate surface area is 383 Å². The van der Waals surface area contributed by atoms with Crippen molar-refractivity contribution >= 4 is 27.6 Å². The molecule has 0 radical (unpaired) electrons. The number of hydrogen-bond donors (Lipinski definition) is 5. The summed E-state index contributed by atoms with van der Waals surface area (Å²) in [6.07, 6.45) is 47.1. The summed E-state index contributed by atoms with van der Waals surface area (Å²) < 4.78 is 47.7. The third-order valence-corrected chi connectivity index (χ3v) is 10.5. The molecule has 0 saturated carbocycles. The Hall–Kier alpha value is -3.00. The van der Waals surface area contributed by atoms with Gasteiger partial charge in [-0.3, -0.25) is 23.2 Å². The molecule has 0 amide bonds. The van der Waals surface area contributed by atoms with E-state index in [1.54, 1.807) is 12.2 Å². The lowest BCUT2D eigenvalue weighted by atomic mass is 10.1. The maximum Gasteiger partial charge on any atom is 0.472 e. The van der Waals surface area contributed by atoms with E-state index < -0.39 is 72.3 Å². The van der Waals surface area contributed by atoms with Gasteiger partial charge in [-0.25, -0.2) is 9.13 Å². The summed E-state index contributed by atoms with van der Waals surface area (Å²) in [7, 11) is -9.76. The average Bonchev–Trinajstić information content (AvgIpc) is 3.25. The van der Waals surface area contributed by atoms with E-state index in [0.29, 0.717) is 19.3 Å². The third kappa shape index (κ3) is 45.6. The summed E-state index contributed by atoms with van der Waals surface area (Å²) >= 11 is 0. The van der Waals surface area contributed by atoms with Gasteiger partial charge in [0.05, 0.1) is 25.9 Å². The fraction of sp³-hybridized carbons (Fsp3) is 0.625. The normalized spacial score (nSPS) is 15.3. The zero-order valence-corrected chi connectivity index (χ0v) is 40.2. The highest BCUT2D eigenvalue weighted by atomic mass is 31.2. The molecule has 0 rings (SSSR count). The van der Waals surface area contributed by atoms with Crippen LogP contribution in [0.5, 0.6) is 0 Å². The fourth-order valence-corrected chi connectivity index (χ4v) is 6.71. The molecule has 0 aromatic carbocycles. The van der Waals surface area contributed by atoms with Gasteiger partial charge in [-0.1, -0.05) is 150 Å². The van der Waals surface area contributed by atoms with Gasteiger partial charge in [0.15, 0.2) is 6.10 Å². The molecule has 0 aliphatic carbocycles. The molecular weight excluding hydrogens is 862 g/mol. The number of carbonyl (C=O) groups excluding carboxylic acids is 2. The second-order valence-corrected chi connectivity index (χ2v) is 17.8. The molecular formula is C48H80O14P2. The van der Waals surface area contributed by atoms with Crippen molar-refractivity contribution < 1.29 is 66.7 Å². The minimum atomic E-state index is -4.89. The molecule has 16 heteroatoms. The van der Waals surface area contributed by atoms with Gasteiger partial charge in [0.25, 0.3) is 0 Å². The lowest BCUT2D eigenvalue weighted by Crippen LogP contribution is -2.30. The number of esters is 2. The van der Waals surface area contributed by atoms with Gasteiger partial charge in [0.2, 0.25) is 0 Å². The summed E-state index contributed by atoms with van der Waals surface area (Å²) in [5.41, 5.74) is 0. The van der Waals surface area contributed by atoms with Crippen molar-refractivity contribution in [1.29, 1.82) is 0 Å². The highest BCUT2D eigenvalue weighted by Crippen LogP contribution is 2.43. The molecule has 0 heterocycles.